The molecule has 118 valence electrons. The lowest BCUT2D eigenvalue weighted by molar-refractivity contribution is 0.0914. The molecule has 1 aromatic heterocycles. The van der Waals surface area contributed by atoms with Crippen LogP contribution in [0.3, 0.4) is 0 Å². The van der Waals surface area contributed by atoms with Crippen molar-refractivity contribution in [2.75, 3.05) is 6.54 Å². The molecule has 1 heterocycles. The Bertz CT molecular complexity index is 633. The zero-order chi connectivity index (χ0) is 16.1. The minimum Gasteiger partial charge on any atom is -0.491 e. The Morgan fingerprint density at radius 2 is 2.14 bits per heavy atom. The van der Waals surface area contributed by atoms with Crippen molar-refractivity contribution in [1.29, 1.82) is 0 Å². The number of aliphatic hydroxyl groups excluding tert-OH is 1. The molecule has 1 atom stereocenters. The fourth-order valence-corrected chi connectivity index (χ4v) is 2.09. The van der Waals surface area contributed by atoms with Crippen LogP contribution in [0.1, 0.15) is 41.6 Å². The highest BCUT2D eigenvalue weighted by Gasteiger charge is 2.14. The van der Waals surface area contributed by atoms with Crippen LogP contribution in [0, 0.1) is 6.92 Å². The average molecular weight is 303 g/mol. The normalized spacial score (nSPS) is 12.2. The van der Waals surface area contributed by atoms with Gasteiger partial charge in [-0.2, -0.15) is 0 Å². The summed E-state index contributed by atoms with van der Waals surface area (Å²) >= 11 is 0. The van der Waals surface area contributed by atoms with Gasteiger partial charge in [-0.05, 0) is 44.5 Å². The summed E-state index contributed by atoms with van der Waals surface area (Å²) in [6.45, 7) is 5.72. The van der Waals surface area contributed by atoms with Gasteiger partial charge >= 0.3 is 0 Å². The predicted molar refractivity (Wildman–Crippen MR) is 82.9 cm³/mol. The van der Waals surface area contributed by atoms with Gasteiger partial charge < -0.3 is 19.6 Å². The van der Waals surface area contributed by atoms with Crippen LogP contribution in [0.4, 0.5) is 0 Å². The number of furan rings is 1. The molecule has 2 N–H and O–H groups in total. The van der Waals surface area contributed by atoms with E-state index in [1.165, 1.54) is 6.26 Å². The number of amides is 1. The van der Waals surface area contributed by atoms with Crippen LogP contribution in [0.2, 0.25) is 0 Å². The molecule has 0 aliphatic rings. The van der Waals surface area contributed by atoms with Crippen molar-refractivity contribution >= 4 is 5.91 Å². The minimum atomic E-state index is -0.799. The molecule has 0 aliphatic carbocycles. The third-order valence-electron chi connectivity index (χ3n) is 3.17. The van der Waals surface area contributed by atoms with Crippen molar-refractivity contribution in [3.8, 4) is 5.75 Å². The second kappa shape index (κ2) is 7.13. The number of hydrogen-bond acceptors (Lipinski definition) is 4. The third-order valence-corrected chi connectivity index (χ3v) is 3.17. The number of carbonyl (C=O) groups is 1. The number of benzene rings is 1. The van der Waals surface area contributed by atoms with Gasteiger partial charge in [0.05, 0.1) is 24.0 Å². The number of carbonyl (C=O) groups excluding carboxylic acids is 1. The molecule has 22 heavy (non-hydrogen) atoms. The first-order chi connectivity index (χ1) is 10.5. The quantitative estimate of drug-likeness (QED) is 0.861. The van der Waals surface area contributed by atoms with Gasteiger partial charge in [-0.1, -0.05) is 12.1 Å². The predicted octanol–water partition coefficient (Wildman–Crippen LogP) is 2.84. The van der Waals surface area contributed by atoms with E-state index in [2.05, 4.69) is 5.32 Å². The van der Waals surface area contributed by atoms with Crippen molar-refractivity contribution in [3.63, 3.8) is 0 Å². The average Bonchev–Trinajstić information content (AvgIpc) is 2.90. The highest BCUT2D eigenvalue weighted by molar-refractivity contribution is 5.95. The zero-order valence-electron chi connectivity index (χ0n) is 13.0. The molecule has 5 heteroatoms. The monoisotopic (exact) mass is 303 g/mol. The molecular formula is C17H21NO4. The molecule has 0 radical (unpaired) electrons. The summed E-state index contributed by atoms with van der Waals surface area (Å²) in [6, 6.07) is 8.84. The van der Waals surface area contributed by atoms with Crippen LogP contribution in [0.15, 0.2) is 41.0 Å². The van der Waals surface area contributed by atoms with E-state index in [0.29, 0.717) is 22.6 Å². The van der Waals surface area contributed by atoms with Crippen LogP contribution in [-0.2, 0) is 0 Å². The first kappa shape index (κ1) is 16.1. The molecule has 0 fully saturated rings. The maximum Gasteiger partial charge on any atom is 0.254 e. The largest absolute Gasteiger partial charge is 0.491 e. The fraction of sp³-hybridized carbons (Fsp3) is 0.353. The molecule has 0 saturated heterocycles. The van der Waals surface area contributed by atoms with Crippen molar-refractivity contribution in [2.45, 2.75) is 33.0 Å². The molecular weight excluding hydrogens is 282 g/mol. The highest BCUT2D eigenvalue weighted by atomic mass is 16.5. The van der Waals surface area contributed by atoms with Crippen molar-refractivity contribution in [1.82, 2.24) is 5.32 Å². The summed E-state index contributed by atoms with van der Waals surface area (Å²) in [5, 5.41) is 12.9. The molecule has 2 aromatic rings. The van der Waals surface area contributed by atoms with Crippen LogP contribution < -0.4 is 10.1 Å². The van der Waals surface area contributed by atoms with Gasteiger partial charge in [0.2, 0.25) is 0 Å². The number of aliphatic hydroxyl groups is 1. The summed E-state index contributed by atoms with van der Waals surface area (Å²) in [7, 11) is 0. The van der Waals surface area contributed by atoms with Gasteiger partial charge in [-0.15, -0.1) is 0 Å². The molecule has 1 unspecified atom stereocenters. The molecule has 5 nitrogen and oxygen atoms in total. The van der Waals surface area contributed by atoms with Gasteiger partial charge in [0.15, 0.2) is 0 Å². The maximum absolute atomic E-state index is 12.0. The maximum atomic E-state index is 12.0. The van der Waals surface area contributed by atoms with Crippen LogP contribution in [0.5, 0.6) is 5.75 Å². The minimum absolute atomic E-state index is 0.0659. The SMILES string of the molecule is Cc1occc1C(=O)NCC(O)c1cccc(OC(C)C)c1. The third kappa shape index (κ3) is 4.11. The standard InChI is InChI=1S/C17H21NO4/c1-11(2)22-14-6-4-5-13(9-14)16(19)10-18-17(20)15-7-8-21-12(15)3/h4-9,11,16,19H,10H2,1-3H3,(H,18,20). The van der Waals surface area contributed by atoms with Crippen molar-refractivity contribution in [2.24, 2.45) is 0 Å². The van der Waals surface area contributed by atoms with Gasteiger partial charge in [-0.3, -0.25) is 4.79 Å². The first-order valence-corrected chi connectivity index (χ1v) is 7.24. The Morgan fingerprint density at radius 3 is 2.77 bits per heavy atom. The molecule has 2 rings (SSSR count). The van der Waals surface area contributed by atoms with Gasteiger partial charge in [0, 0.05) is 6.54 Å². The van der Waals surface area contributed by atoms with E-state index in [-0.39, 0.29) is 18.6 Å². The number of rotatable bonds is 6. The highest BCUT2D eigenvalue weighted by Crippen LogP contribution is 2.20. The van der Waals surface area contributed by atoms with Crippen LogP contribution in [0.25, 0.3) is 0 Å². The zero-order valence-corrected chi connectivity index (χ0v) is 13.0. The van der Waals surface area contributed by atoms with E-state index in [1.807, 2.05) is 26.0 Å². The van der Waals surface area contributed by atoms with Gasteiger partial charge in [0.1, 0.15) is 11.5 Å². The Morgan fingerprint density at radius 1 is 1.36 bits per heavy atom. The summed E-state index contributed by atoms with van der Waals surface area (Å²) in [4.78, 5) is 12.0. The Kier molecular flexibility index (Phi) is 5.22. The summed E-state index contributed by atoms with van der Waals surface area (Å²) in [6.07, 6.45) is 0.732. The number of hydrogen-bond donors (Lipinski definition) is 2. The van der Waals surface area contributed by atoms with Crippen LogP contribution in [-0.4, -0.2) is 23.7 Å². The van der Waals surface area contributed by atoms with Crippen molar-refractivity contribution in [3.05, 3.63) is 53.5 Å². The van der Waals surface area contributed by atoms with Gasteiger partial charge in [0.25, 0.3) is 5.91 Å². The van der Waals surface area contributed by atoms with Crippen LogP contribution >= 0.6 is 0 Å². The van der Waals surface area contributed by atoms with E-state index in [9.17, 15) is 9.90 Å². The lowest BCUT2D eigenvalue weighted by atomic mass is 10.1. The molecule has 0 spiro atoms. The smallest absolute Gasteiger partial charge is 0.254 e. The van der Waals surface area contributed by atoms with E-state index >= 15 is 0 Å². The molecule has 1 amide bonds. The lowest BCUT2D eigenvalue weighted by Crippen LogP contribution is -2.28. The molecule has 0 bridgehead atoms. The molecule has 0 saturated carbocycles. The van der Waals surface area contributed by atoms with Gasteiger partial charge in [-0.25, -0.2) is 0 Å². The fourth-order valence-electron chi connectivity index (χ4n) is 2.09. The number of nitrogens with one attached hydrogen (secondary N) is 1. The summed E-state index contributed by atoms with van der Waals surface area (Å²) in [5.74, 6) is 0.989. The molecule has 0 aliphatic heterocycles. The first-order valence-electron chi connectivity index (χ1n) is 7.24. The van der Waals surface area contributed by atoms with Crippen molar-refractivity contribution < 1.29 is 19.1 Å². The summed E-state index contributed by atoms with van der Waals surface area (Å²) < 4.78 is 10.7. The van der Waals surface area contributed by atoms with E-state index in [4.69, 9.17) is 9.15 Å². The second-order valence-electron chi connectivity index (χ2n) is 5.36. The number of ether oxygens (including phenoxy) is 1. The molecule has 1 aromatic carbocycles. The Labute approximate surface area is 129 Å². The van der Waals surface area contributed by atoms with E-state index < -0.39 is 6.10 Å². The van der Waals surface area contributed by atoms with E-state index in [0.717, 1.165) is 0 Å². The Balaban J connectivity index is 1.96. The second-order valence-corrected chi connectivity index (χ2v) is 5.36. The van der Waals surface area contributed by atoms with E-state index in [1.54, 1.807) is 25.1 Å². The topological polar surface area (TPSA) is 71.7 Å². The lowest BCUT2D eigenvalue weighted by Gasteiger charge is -2.15. The number of aryl methyl sites for hydroxylation is 1. The summed E-state index contributed by atoms with van der Waals surface area (Å²) in [5.41, 5.74) is 1.17. The Hall–Kier alpha value is -2.27.